The van der Waals surface area contributed by atoms with Gasteiger partial charge in [-0.05, 0) is 43.1 Å². The molecule has 0 spiro atoms. The first-order chi connectivity index (χ1) is 9.06. The highest BCUT2D eigenvalue weighted by Crippen LogP contribution is 2.23. The van der Waals surface area contributed by atoms with Crippen molar-refractivity contribution in [2.24, 2.45) is 5.92 Å². The second-order valence-corrected chi connectivity index (χ2v) is 5.91. The minimum atomic E-state index is 0.608. The third-order valence-corrected chi connectivity index (χ3v) is 3.22. The topological polar surface area (TPSA) is 51.0 Å². The maximum absolute atomic E-state index is 5.25. The van der Waals surface area contributed by atoms with Gasteiger partial charge in [0.1, 0.15) is 0 Å². The Kier molecular flexibility index (Phi) is 4.71. The number of hydrogen-bond donors (Lipinski definition) is 1. The average molecular weight is 324 g/mol. The molecule has 2 rings (SSSR count). The molecule has 0 aliphatic heterocycles. The Hall–Kier alpha value is -1.20. The molecule has 0 saturated heterocycles. The average Bonchev–Trinajstić information content (AvgIpc) is 2.77. The molecule has 0 unspecified atom stereocenters. The smallest absolute Gasteiger partial charge is 0.240 e. The van der Waals surface area contributed by atoms with E-state index in [4.69, 9.17) is 4.52 Å². The van der Waals surface area contributed by atoms with Crippen LogP contribution in [-0.2, 0) is 6.54 Å². The molecule has 4 nitrogen and oxygen atoms in total. The zero-order valence-corrected chi connectivity index (χ0v) is 13.0. The summed E-state index contributed by atoms with van der Waals surface area (Å²) in [6.45, 7) is 7.91. The number of nitrogens with zero attached hydrogens (tertiary/aromatic N) is 2. The minimum Gasteiger partial charge on any atom is -0.338 e. The van der Waals surface area contributed by atoms with Crippen LogP contribution >= 0.6 is 15.9 Å². The van der Waals surface area contributed by atoms with E-state index in [2.05, 4.69) is 45.2 Å². The van der Waals surface area contributed by atoms with Crippen LogP contribution in [0.3, 0.4) is 0 Å². The molecule has 5 heteroatoms. The van der Waals surface area contributed by atoms with E-state index in [1.54, 1.807) is 0 Å². The Labute approximate surface area is 121 Å². The molecule has 0 amide bonds. The van der Waals surface area contributed by atoms with Crippen LogP contribution in [0.1, 0.15) is 25.3 Å². The summed E-state index contributed by atoms with van der Waals surface area (Å²) < 4.78 is 6.30. The molecule has 0 bridgehead atoms. The number of halogens is 1. The Balaban J connectivity index is 2.08. The van der Waals surface area contributed by atoms with Crippen LogP contribution in [0.4, 0.5) is 0 Å². The van der Waals surface area contributed by atoms with Crippen LogP contribution < -0.4 is 5.32 Å². The molecule has 0 aliphatic rings. The van der Waals surface area contributed by atoms with Crippen LogP contribution in [-0.4, -0.2) is 16.7 Å². The molecular formula is C14H18BrN3O. The van der Waals surface area contributed by atoms with Crippen LogP contribution in [0, 0.1) is 12.8 Å². The Morgan fingerprint density at radius 1 is 1.37 bits per heavy atom. The Bertz CT molecular complexity index is 551. The molecule has 19 heavy (non-hydrogen) atoms. The summed E-state index contributed by atoms with van der Waals surface area (Å²) in [4.78, 5) is 4.41. The van der Waals surface area contributed by atoms with Crippen LogP contribution in [0.25, 0.3) is 11.4 Å². The lowest BCUT2D eigenvalue weighted by Gasteiger charge is -2.03. The molecule has 0 atom stereocenters. The zero-order valence-electron chi connectivity index (χ0n) is 11.4. The van der Waals surface area contributed by atoms with E-state index in [0.717, 1.165) is 22.1 Å². The Morgan fingerprint density at radius 2 is 2.16 bits per heavy atom. The van der Waals surface area contributed by atoms with Gasteiger partial charge in [0.25, 0.3) is 0 Å². The van der Waals surface area contributed by atoms with Crippen molar-refractivity contribution in [3.8, 4) is 11.4 Å². The third kappa shape index (κ3) is 3.88. The van der Waals surface area contributed by atoms with Gasteiger partial charge < -0.3 is 9.84 Å². The molecule has 2 aromatic rings. The van der Waals surface area contributed by atoms with Gasteiger partial charge in [-0.3, -0.25) is 0 Å². The molecule has 102 valence electrons. The summed E-state index contributed by atoms with van der Waals surface area (Å²) in [7, 11) is 0. The summed E-state index contributed by atoms with van der Waals surface area (Å²) in [5, 5.41) is 7.32. The molecule has 1 N–H and O–H groups in total. The molecule has 0 fully saturated rings. The molecule has 1 aromatic carbocycles. The second-order valence-electron chi connectivity index (χ2n) is 5.00. The molecule has 1 heterocycles. The summed E-state index contributed by atoms with van der Waals surface area (Å²) in [6, 6.07) is 6.02. The lowest BCUT2D eigenvalue weighted by atomic mass is 10.1. The van der Waals surface area contributed by atoms with E-state index in [0.29, 0.717) is 24.2 Å². The van der Waals surface area contributed by atoms with E-state index < -0.39 is 0 Å². The fraction of sp³-hybridized carbons (Fsp3) is 0.429. The number of benzene rings is 1. The largest absolute Gasteiger partial charge is 0.338 e. The highest BCUT2D eigenvalue weighted by Gasteiger charge is 2.10. The number of aromatic nitrogens is 2. The quantitative estimate of drug-likeness (QED) is 0.914. The highest BCUT2D eigenvalue weighted by molar-refractivity contribution is 9.10. The molecular weight excluding hydrogens is 306 g/mol. The van der Waals surface area contributed by atoms with E-state index in [-0.39, 0.29) is 0 Å². The second kappa shape index (κ2) is 6.30. The van der Waals surface area contributed by atoms with Crippen LogP contribution in [0.2, 0.25) is 0 Å². The highest BCUT2D eigenvalue weighted by atomic mass is 79.9. The number of rotatable bonds is 5. The van der Waals surface area contributed by atoms with Gasteiger partial charge in [0, 0.05) is 10.0 Å². The fourth-order valence-corrected chi connectivity index (χ4v) is 2.26. The van der Waals surface area contributed by atoms with Crippen molar-refractivity contribution in [2.45, 2.75) is 27.3 Å². The summed E-state index contributed by atoms with van der Waals surface area (Å²) >= 11 is 3.45. The first-order valence-electron chi connectivity index (χ1n) is 6.36. The Morgan fingerprint density at radius 3 is 2.84 bits per heavy atom. The van der Waals surface area contributed by atoms with Crippen LogP contribution in [0.15, 0.2) is 27.2 Å². The fourth-order valence-electron chi connectivity index (χ4n) is 1.78. The lowest BCUT2D eigenvalue weighted by molar-refractivity contribution is 0.364. The lowest BCUT2D eigenvalue weighted by Crippen LogP contribution is -2.19. The van der Waals surface area contributed by atoms with E-state index in [9.17, 15) is 0 Å². The normalized spacial score (nSPS) is 11.2. The molecule has 0 radical (unpaired) electrons. The van der Waals surface area contributed by atoms with Gasteiger partial charge >= 0.3 is 0 Å². The van der Waals surface area contributed by atoms with Gasteiger partial charge in [-0.15, -0.1) is 0 Å². The van der Waals surface area contributed by atoms with Gasteiger partial charge in [0.15, 0.2) is 0 Å². The van der Waals surface area contributed by atoms with Gasteiger partial charge in [-0.1, -0.05) is 34.9 Å². The maximum atomic E-state index is 5.25. The summed E-state index contributed by atoms with van der Waals surface area (Å²) in [5.74, 6) is 1.88. The van der Waals surface area contributed by atoms with Crippen molar-refractivity contribution in [1.29, 1.82) is 0 Å². The van der Waals surface area contributed by atoms with E-state index >= 15 is 0 Å². The van der Waals surface area contributed by atoms with Crippen molar-refractivity contribution < 1.29 is 4.52 Å². The monoisotopic (exact) mass is 323 g/mol. The van der Waals surface area contributed by atoms with Gasteiger partial charge in [0.05, 0.1) is 6.54 Å². The van der Waals surface area contributed by atoms with Crippen molar-refractivity contribution in [3.05, 3.63) is 34.1 Å². The van der Waals surface area contributed by atoms with Crippen molar-refractivity contribution in [1.82, 2.24) is 15.5 Å². The van der Waals surface area contributed by atoms with Gasteiger partial charge in [-0.25, -0.2) is 0 Å². The van der Waals surface area contributed by atoms with E-state index in [1.165, 1.54) is 0 Å². The number of aryl methyl sites for hydroxylation is 1. The standard InChI is InChI=1S/C14H18BrN3O/c1-9(2)7-16-8-13-17-14(18-19-13)12-5-4-11(15)6-10(12)3/h4-6,9,16H,7-8H2,1-3H3. The maximum Gasteiger partial charge on any atom is 0.240 e. The zero-order chi connectivity index (χ0) is 13.8. The molecule has 0 aliphatic carbocycles. The van der Waals surface area contributed by atoms with Crippen molar-refractivity contribution in [3.63, 3.8) is 0 Å². The molecule has 1 aromatic heterocycles. The van der Waals surface area contributed by atoms with Crippen molar-refractivity contribution in [2.75, 3.05) is 6.54 Å². The van der Waals surface area contributed by atoms with Crippen LogP contribution in [0.5, 0.6) is 0 Å². The first-order valence-corrected chi connectivity index (χ1v) is 7.15. The molecule has 0 saturated carbocycles. The minimum absolute atomic E-state index is 0.608. The SMILES string of the molecule is Cc1cc(Br)ccc1-c1noc(CNCC(C)C)n1. The summed E-state index contributed by atoms with van der Waals surface area (Å²) in [5.41, 5.74) is 2.12. The predicted octanol–water partition coefficient (Wildman–Crippen LogP) is 3.55. The third-order valence-electron chi connectivity index (χ3n) is 2.73. The van der Waals surface area contributed by atoms with E-state index in [1.807, 2.05) is 25.1 Å². The number of nitrogens with one attached hydrogen (secondary N) is 1. The van der Waals surface area contributed by atoms with Crippen molar-refractivity contribution >= 4 is 15.9 Å². The summed E-state index contributed by atoms with van der Waals surface area (Å²) in [6.07, 6.45) is 0. The first kappa shape index (κ1) is 14.2. The van der Waals surface area contributed by atoms with Gasteiger partial charge in [-0.2, -0.15) is 4.98 Å². The number of hydrogen-bond acceptors (Lipinski definition) is 4. The predicted molar refractivity (Wildman–Crippen MR) is 78.7 cm³/mol. The van der Waals surface area contributed by atoms with Gasteiger partial charge in [0.2, 0.25) is 11.7 Å².